The second-order valence-electron chi connectivity index (χ2n) is 6.75. The second kappa shape index (κ2) is 9.29. The quantitative estimate of drug-likeness (QED) is 0.429. The molecule has 4 rings (SSSR count). The number of aryl methyl sites for hydroxylation is 1. The van der Waals surface area contributed by atoms with E-state index in [2.05, 4.69) is 15.4 Å². The van der Waals surface area contributed by atoms with Gasteiger partial charge in [-0.2, -0.15) is 9.61 Å². The summed E-state index contributed by atoms with van der Waals surface area (Å²) < 4.78 is 6.53. The molecule has 1 amide bonds. The van der Waals surface area contributed by atoms with Crippen LogP contribution in [0.4, 0.5) is 5.69 Å². The molecule has 0 aliphatic heterocycles. The van der Waals surface area contributed by atoms with Gasteiger partial charge in [0.2, 0.25) is 4.96 Å². The zero-order chi connectivity index (χ0) is 22.7. The van der Waals surface area contributed by atoms with Crippen LogP contribution in [0.1, 0.15) is 38.3 Å². The van der Waals surface area contributed by atoms with Crippen molar-refractivity contribution in [3.8, 4) is 0 Å². The molecule has 10 heteroatoms. The molecule has 0 saturated carbocycles. The van der Waals surface area contributed by atoms with Crippen LogP contribution in [0.2, 0.25) is 5.02 Å². The normalized spacial score (nSPS) is 10.8. The minimum absolute atomic E-state index is 0.142. The van der Waals surface area contributed by atoms with Crippen LogP contribution in [-0.2, 0) is 17.8 Å². The molecule has 0 unspecified atom stereocenters. The van der Waals surface area contributed by atoms with E-state index in [1.165, 1.54) is 34.1 Å². The number of halogens is 1. The predicted molar refractivity (Wildman–Crippen MR) is 121 cm³/mol. The number of esters is 1. The number of carbonyl (C=O) groups excluding carboxylic acids is 2. The number of hydrogen-bond donors (Lipinski definition) is 1. The van der Waals surface area contributed by atoms with E-state index < -0.39 is 5.97 Å². The van der Waals surface area contributed by atoms with Crippen LogP contribution in [-0.4, -0.2) is 26.5 Å². The zero-order valence-electron chi connectivity index (χ0n) is 16.9. The van der Waals surface area contributed by atoms with Gasteiger partial charge in [-0.05, 0) is 48.9 Å². The van der Waals surface area contributed by atoms with Crippen molar-refractivity contribution in [1.82, 2.24) is 14.6 Å². The Morgan fingerprint density at radius 3 is 2.62 bits per heavy atom. The fourth-order valence-electron chi connectivity index (χ4n) is 2.86. The Morgan fingerprint density at radius 1 is 1.12 bits per heavy atom. The Balaban J connectivity index is 1.39. The summed E-state index contributed by atoms with van der Waals surface area (Å²) in [5.41, 5.74) is 1.27. The van der Waals surface area contributed by atoms with Crippen molar-refractivity contribution in [3.05, 3.63) is 91.8 Å². The van der Waals surface area contributed by atoms with Gasteiger partial charge in [-0.15, -0.1) is 0 Å². The first-order valence-corrected chi connectivity index (χ1v) is 10.8. The van der Waals surface area contributed by atoms with Crippen molar-refractivity contribution in [2.75, 3.05) is 5.32 Å². The van der Waals surface area contributed by atoms with Crippen LogP contribution in [0.5, 0.6) is 0 Å². The molecule has 2 aromatic heterocycles. The minimum atomic E-state index is -0.571. The van der Waals surface area contributed by atoms with E-state index in [-0.39, 0.29) is 18.1 Å². The Labute approximate surface area is 191 Å². The van der Waals surface area contributed by atoms with E-state index in [1.807, 2.05) is 6.92 Å². The highest BCUT2D eigenvalue weighted by Gasteiger charge is 2.12. The van der Waals surface area contributed by atoms with Gasteiger partial charge in [0.1, 0.15) is 11.6 Å². The molecule has 0 bridgehead atoms. The largest absolute Gasteiger partial charge is 0.456 e. The first-order chi connectivity index (χ1) is 15.4. The van der Waals surface area contributed by atoms with Gasteiger partial charge in [-0.3, -0.25) is 9.59 Å². The standard InChI is InChI=1S/C22H17ClN4O4S/c1-2-18-26-27-19(28)11-17(25-22(27)32-18)12-31-21(30)13-6-8-16(9-7-13)24-20(29)14-4-3-5-15(23)10-14/h3-11H,2,12H2,1H3,(H,24,29). The molecule has 0 radical (unpaired) electrons. The molecule has 0 aliphatic rings. The monoisotopic (exact) mass is 468 g/mol. The summed E-state index contributed by atoms with van der Waals surface area (Å²) in [6, 6.07) is 14.2. The van der Waals surface area contributed by atoms with Gasteiger partial charge in [-0.1, -0.05) is 35.9 Å². The Hall–Kier alpha value is -3.56. The predicted octanol–water partition coefficient (Wildman–Crippen LogP) is 3.98. The van der Waals surface area contributed by atoms with Crippen LogP contribution in [0, 0.1) is 0 Å². The van der Waals surface area contributed by atoms with E-state index in [0.717, 1.165) is 5.01 Å². The van der Waals surface area contributed by atoms with Crippen molar-refractivity contribution in [2.45, 2.75) is 20.0 Å². The molecule has 0 fully saturated rings. The maximum absolute atomic E-state index is 12.4. The maximum Gasteiger partial charge on any atom is 0.338 e. The molecule has 162 valence electrons. The van der Waals surface area contributed by atoms with Crippen molar-refractivity contribution >= 4 is 45.5 Å². The van der Waals surface area contributed by atoms with Crippen molar-refractivity contribution in [3.63, 3.8) is 0 Å². The lowest BCUT2D eigenvalue weighted by atomic mass is 10.2. The van der Waals surface area contributed by atoms with Gasteiger partial charge in [0.25, 0.3) is 11.5 Å². The molecular weight excluding hydrogens is 452 g/mol. The smallest absolute Gasteiger partial charge is 0.338 e. The Kier molecular flexibility index (Phi) is 6.29. The third-order valence-corrected chi connectivity index (χ3v) is 5.75. The molecule has 8 nitrogen and oxygen atoms in total. The second-order valence-corrected chi connectivity index (χ2v) is 8.22. The summed E-state index contributed by atoms with van der Waals surface area (Å²) in [6.07, 6.45) is 0.702. The fraction of sp³-hybridized carbons (Fsp3) is 0.136. The lowest BCUT2D eigenvalue weighted by Crippen LogP contribution is -2.16. The number of benzene rings is 2. The molecule has 4 aromatic rings. The average molecular weight is 469 g/mol. The highest BCUT2D eigenvalue weighted by Crippen LogP contribution is 2.16. The highest BCUT2D eigenvalue weighted by atomic mass is 35.5. The number of rotatable bonds is 6. The highest BCUT2D eigenvalue weighted by molar-refractivity contribution is 7.16. The fourth-order valence-corrected chi connectivity index (χ4v) is 3.91. The molecule has 2 aromatic carbocycles. The number of anilines is 1. The minimum Gasteiger partial charge on any atom is -0.456 e. The van der Waals surface area contributed by atoms with E-state index >= 15 is 0 Å². The number of amides is 1. The number of hydrogen-bond acceptors (Lipinski definition) is 7. The molecule has 1 N–H and O–H groups in total. The van der Waals surface area contributed by atoms with Gasteiger partial charge in [0.05, 0.1) is 11.3 Å². The number of nitrogens with zero attached hydrogens (tertiary/aromatic N) is 3. The van der Waals surface area contributed by atoms with E-state index in [9.17, 15) is 14.4 Å². The van der Waals surface area contributed by atoms with E-state index in [4.69, 9.17) is 16.3 Å². The van der Waals surface area contributed by atoms with Gasteiger partial charge in [0, 0.05) is 22.3 Å². The zero-order valence-corrected chi connectivity index (χ0v) is 18.4. The first kappa shape index (κ1) is 21.7. The Bertz CT molecular complexity index is 1360. The van der Waals surface area contributed by atoms with Crippen molar-refractivity contribution in [2.24, 2.45) is 0 Å². The van der Waals surface area contributed by atoms with Gasteiger partial charge in [0.15, 0.2) is 0 Å². The third kappa shape index (κ3) is 4.84. The van der Waals surface area contributed by atoms with Crippen LogP contribution in [0.3, 0.4) is 0 Å². The third-order valence-electron chi connectivity index (χ3n) is 4.46. The summed E-state index contributed by atoms with van der Waals surface area (Å²) >= 11 is 7.23. The number of nitrogens with one attached hydrogen (secondary N) is 1. The van der Waals surface area contributed by atoms with Crippen LogP contribution in [0.25, 0.3) is 4.96 Å². The van der Waals surface area contributed by atoms with Gasteiger partial charge >= 0.3 is 5.97 Å². The van der Waals surface area contributed by atoms with Crippen LogP contribution < -0.4 is 10.9 Å². The topological polar surface area (TPSA) is 103 Å². The lowest BCUT2D eigenvalue weighted by Gasteiger charge is -2.07. The number of ether oxygens (including phenoxy) is 1. The number of aromatic nitrogens is 3. The first-order valence-electron chi connectivity index (χ1n) is 9.65. The molecule has 2 heterocycles. The number of carbonyl (C=O) groups is 2. The van der Waals surface area contributed by atoms with E-state index in [1.54, 1.807) is 36.4 Å². The molecule has 32 heavy (non-hydrogen) atoms. The molecular formula is C22H17ClN4O4S. The van der Waals surface area contributed by atoms with Crippen LogP contribution in [0.15, 0.2) is 59.4 Å². The summed E-state index contributed by atoms with van der Waals surface area (Å²) in [5, 5.41) is 8.18. The average Bonchev–Trinajstić information content (AvgIpc) is 3.22. The van der Waals surface area contributed by atoms with Crippen LogP contribution >= 0.6 is 22.9 Å². The summed E-state index contributed by atoms with van der Waals surface area (Å²) in [6.45, 7) is 1.80. The van der Waals surface area contributed by atoms with Gasteiger partial charge < -0.3 is 10.1 Å². The molecule has 0 saturated heterocycles. The summed E-state index contributed by atoms with van der Waals surface area (Å²) in [5.74, 6) is -0.886. The molecule has 0 spiro atoms. The maximum atomic E-state index is 12.4. The lowest BCUT2D eigenvalue weighted by molar-refractivity contribution is 0.0467. The molecule has 0 atom stereocenters. The summed E-state index contributed by atoms with van der Waals surface area (Å²) in [4.78, 5) is 41.6. The Morgan fingerprint density at radius 2 is 1.91 bits per heavy atom. The van der Waals surface area contributed by atoms with Gasteiger partial charge in [-0.25, -0.2) is 9.78 Å². The van der Waals surface area contributed by atoms with E-state index in [0.29, 0.717) is 38.9 Å². The van der Waals surface area contributed by atoms with Crippen molar-refractivity contribution < 1.29 is 14.3 Å². The molecule has 0 aliphatic carbocycles. The number of fused-ring (bicyclic) bond motifs is 1. The summed E-state index contributed by atoms with van der Waals surface area (Å²) in [7, 11) is 0. The SMILES string of the molecule is CCc1nn2c(=O)cc(COC(=O)c3ccc(NC(=O)c4cccc(Cl)c4)cc3)nc2s1. The van der Waals surface area contributed by atoms with Crippen molar-refractivity contribution in [1.29, 1.82) is 0 Å².